The zero-order valence-electron chi connectivity index (χ0n) is 18.4. The highest BCUT2D eigenvalue weighted by Crippen LogP contribution is 2.38. The monoisotopic (exact) mass is 414 g/mol. The standard InChI is InChI=1S/C22H30N4O4/c1-13(2)29-19-10-16-11-20(23-21-9-15(5)25-26-21)24-22(30-14(3)4)17(16)12-18(19)28-8-7-27-6/h9-14H,7-8H2,1-6H3,(H2,23,24,25,26). The van der Waals surface area contributed by atoms with Crippen LogP contribution >= 0.6 is 0 Å². The normalized spacial score (nSPS) is 11.3. The molecule has 0 unspecified atom stereocenters. The van der Waals surface area contributed by atoms with Crippen LogP contribution in [-0.4, -0.2) is 47.7 Å². The van der Waals surface area contributed by atoms with Gasteiger partial charge < -0.3 is 24.3 Å². The second kappa shape index (κ2) is 9.67. The second-order valence-electron chi connectivity index (χ2n) is 7.57. The van der Waals surface area contributed by atoms with Crippen LogP contribution < -0.4 is 19.5 Å². The van der Waals surface area contributed by atoms with Crippen LogP contribution in [0.1, 0.15) is 33.4 Å². The quantitative estimate of drug-likeness (QED) is 0.468. The van der Waals surface area contributed by atoms with Gasteiger partial charge in [-0.15, -0.1) is 0 Å². The highest BCUT2D eigenvalue weighted by atomic mass is 16.5. The molecule has 0 saturated heterocycles. The summed E-state index contributed by atoms with van der Waals surface area (Å²) < 4.78 is 23.0. The zero-order chi connectivity index (χ0) is 21.7. The molecule has 0 saturated carbocycles. The minimum Gasteiger partial charge on any atom is -0.487 e. The van der Waals surface area contributed by atoms with Gasteiger partial charge in [-0.1, -0.05) is 0 Å². The molecule has 0 aliphatic rings. The van der Waals surface area contributed by atoms with Gasteiger partial charge >= 0.3 is 0 Å². The van der Waals surface area contributed by atoms with Crippen LogP contribution in [0.4, 0.5) is 11.6 Å². The molecule has 8 heteroatoms. The summed E-state index contributed by atoms with van der Waals surface area (Å²) in [6.45, 7) is 10.8. The van der Waals surface area contributed by atoms with Crippen LogP contribution in [0.25, 0.3) is 10.8 Å². The van der Waals surface area contributed by atoms with E-state index in [2.05, 4.69) is 20.5 Å². The highest BCUT2D eigenvalue weighted by Gasteiger charge is 2.16. The predicted molar refractivity (Wildman–Crippen MR) is 117 cm³/mol. The molecule has 1 aromatic carbocycles. The molecule has 0 spiro atoms. The third kappa shape index (κ3) is 5.54. The number of H-pyrrole nitrogens is 1. The number of nitrogens with one attached hydrogen (secondary N) is 2. The van der Waals surface area contributed by atoms with Crippen molar-refractivity contribution in [3.05, 3.63) is 30.0 Å². The number of aromatic nitrogens is 3. The zero-order valence-corrected chi connectivity index (χ0v) is 18.4. The number of anilines is 2. The Hall–Kier alpha value is -3.00. The average Bonchev–Trinajstić information content (AvgIpc) is 3.06. The first-order chi connectivity index (χ1) is 14.4. The molecule has 2 aromatic heterocycles. The first-order valence-electron chi connectivity index (χ1n) is 10.1. The minimum absolute atomic E-state index is 0.00470. The summed E-state index contributed by atoms with van der Waals surface area (Å²) in [5.74, 6) is 3.13. The van der Waals surface area contributed by atoms with Gasteiger partial charge in [0, 0.05) is 24.3 Å². The van der Waals surface area contributed by atoms with Crippen molar-refractivity contribution in [3.63, 3.8) is 0 Å². The van der Waals surface area contributed by atoms with Crippen molar-refractivity contribution < 1.29 is 18.9 Å². The maximum atomic E-state index is 6.01. The Balaban J connectivity index is 2.07. The number of rotatable bonds is 10. The summed E-state index contributed by atoms with van der Waals surface area (Å²) in [5, 5.41) is 12.1. The molecule has 3 aromatic rings. The van der Waals surface area contributed by atoms with Gasteiger partial charge in [-0.25, -0.2) is 0 Å². The lowest BCUT2D eigenvalue weighted by Crippen LogP contribution is -2.11. The van der Waals surface area contributed by atoms with Crippen LogP contribution in [0.3, 0.4) is 0 Å². The predicted octanol–water partition coefficient (Wildman–Crippen LogP) is 4.61. The number of methoxy groups -OCH3 is 1. The van der Waals surface area contributed by atoms with Crippen molar-refractivity contribution in [3.8, 4) is 17.4 Å². The van der Waals surface area contributed by atoms with Crippen LogP contribution in [0.2, 0.25) is 0 Å². The van der Waals surface area contributed by atoms with E-state index in [1.165, 1.54) is 0 Å². The van der Waals surface area contributed by atoms with Crippen LogP contribution in [0, 0.1) is 6.92 Å². The Kier molecular flexibility index (Phi) is 6.99. The van der Waals surface area contributed by atoms with Gasteiger partial charge in [0.1, 0.15) is 12.4 Å². The Labute approximate surface area is 176 Å². The Morgan fingerprint density at radius 1 is 0.933 bits per heavy atom. The van der Waals surface area contributed by atoms with E-state index in [0.29, 0.717) is 42.2 Å². The van der Waals surface area contributed by atoms with Crippen LogP contribution in [0.15, 0.2) is 24.3 Å². The number of pyridine rings is 1. The lowest BCUT2D eigenvalue weighted by molar-refractivity contribution is 0.141. The number of benzene rings is 1. The van der Waals surface area contributed by atoms with Crippen molar-refractivity contribution in [2.75, 3.05) is 25.6 Å². The first kappa shape index (κ1) is 21.7. The van der Waals surface area contributed by atoms with E-state index in [1.807, 2.05) is 58.9 Å². The van der Waals surface area contributed by atoms with E-state index in [1.54, 1.807) is 7.11 Å². The van der Waals surface area contributed by atoms with Crippen molar-refractivity contribution in [1.82, 2.24) is 15.2 Å². The van der Waals surface area contributed by atoms with Gasteiger partial charge in [0.2, 0.25) is 5.88 Å². The number of ether oxygens (including phenoxy) is 4. The number of aromatic amines is 1. The summed E-state index contributed by atoms with van der Waals surface area (Å²) >= 11 is 0. The topological polar surface area (TPSA) is 90.5 Å². The Morgan fingerprint density at radius 2 is 1.70 bits per heavy atom. The summed E-state index contributed by atoms with van der Waals surface area (Å²) in [6, 6.07) is 7.72. The van der Waals surface area contributed by atoms with Gasteiger partial charge in [0.25, 0.3) is 0 Å². The van der Waals surface area contributed by atoms with Crippen molar-refractivity contribution in [1.29, 1.82) is 0 Å². The molecule has 0 bridgehead atoms. The summed E-state index contributed by atoms with van der Waals surface area (Å²) in [6.07, 6.45) is -0.0295. The van der Waals surface area contributed by atoms with Crippen molar-refractivity contribution in [2.45, 2.75) is 46.8 Å². The molecule has 162 valence electrons. The van der Waals surface area contributed by atoms with E-state index < -0.39 is 0 Å². The number of hydrogen-bond donors (Lipinski definition) is 2. The molecule has 0 atom stereocenters. The number of nitrogens with zero attached hydrogens (tertiary/aromatic N) is 2. The second-order valence-corrected chi connectivity index (χ2v) is 7.57. The van der Waals surface area contributed by atoms with Gasteiger partial charge in [-0.2, -0.15) is 10.1 Å². The summed E-state index contributed by atoms with van der Waals surface area (Å²) in [7, 11) is 1.64. The van der Waals surface area contributed by atoms with E-state index in [-0.39, 0.29) is 12.2 Å². The fourth-order valence-electron chi connectivity index (χ4n) is 2.91. The third-order valence-electron chi connectivity index (χ3n) is 4.08. The maximum Gasteiger partial charge on any atom is 0.223 e. The lowest BCUT2D eigenvalue weighted by Gasteiger charge is -2.18. The van der Waals surface area contributed by atoms with Gasteiger partial charge in [0.05, 0.1) is 18.8 Å². The first-order valence-corrected chi connectivity index (χ1v) is 10.1. The van der Waals surface area contributed by atoms with Gasteiger partial charge in [-0.05, 0) is 58.2 Å². The van der Waals surface area contributed by atoms with E-state index >= 15 is 0 Å². The van der Waals surface area contributed by atoms with E-state index in [0.717, 1.165) is 16.5 Å². The summed E-state index contributed by atoms with van der Waals surface area (Å²) in [4.78, 5) is 4.67. The average molecular weight is 415 g/mol. The molecule has 3 rings (SSSR count). The molecule has 0 amide bonds. The minimum atomic E-state index is -0.0342. The van der Waals surface area contributed by atoms with Gasteiger partial charge in [-0.3, -0.25) is 5.10 Å². The molecule has 30 heavy (non-hydrogen) atoms. The van der Waals surface area contributed by atoms with E-state index in [9.17, 15) is 0 Å². The number of aryl methyl sites for hydroxylation is 1. The largest absolute Gasteiger partial charge is 0.487 e. The third-order valence-corrected chi connectivity index (χ3v) is 4.08. The number of fused-ring (bicyclic) bond motifs is 1. The lowest BCUT2D eigenvalue weighted by atomic mass is 10.1. The molecule has 0 fully saturated rings. The molecule has 0 radical (unpaired) electrons. The van der Waals surface area contributed by atoms with Crippen molar-refractivity contribution in [2.24, 2.45) is 0 Å². The summed E-state index contributed by atoms with van der Waals surface area (Å²) in [5.41, 5.74) is 0.961. The van der Waals surface area contributed by atoms with E-state index in [4.69, 9.17) is 18.9 Å². The maximum absolute atomic E-state index is 6.01. The molecule has 0 aliphatic carbocycles. The van der Waals surface area contributed by atoms with Crippen LogP contribution in [0.5, 0.6) is 17.4 Å². The van der Waals surface area contributed by atoms with Crippen LogP contribution in [-0.2, 0) is 4.74 Å². The SMILES string of the molecule is COCCOc1cc2c(OC(C)C)nc(Nc3cc(C)[nH]n3)cc2cc1OC(C)C. The Morgan fingerprint density at radius 3 is 2.33 bits per heavy atom. The fraction of sp³-hybridized carbons (Fsp3) is 0.455. The Bertz CT molecular complexity index is 985. The molecule has 2 heterocycles. The fourth-order valence-corrected chi connectivity index (χ4v) is 2.91. The van der Waals surface area contributed by atoms with Crippen molar-refractivity contribution >= 4 is 22.4 Å². The molecule has 8 nitrogen and oxygen atoms in total. The highest BCUT2D eigenvalue weighted by molar-refractivity contribution is 5.92. The van der Waals surface area contributed by atoms with Gasteiger partial charge in [0.15, 0.2) is 17.3 Å². The smallest absolute Gasteiger partial charge is 0.223 e. The molecule has 2 N–H and O–H groups in total. The molecular formula is C22H30N4O4. The molecule has 0 aliphatic heterocycles. The molecular weight excluding hydrogens is 384 g/mol. The number of hydrogen-bond acceptors (Lipinski definition) is 7.